The molecule has 0 heterocycles. The number of carbonyl (C=O) groups is 1. The van der Waals surface area contributed by atoms with E-state index in [0.29, 0.717) is 11.3 Å². The topological polar surface area (TPSA) is 20.3 Å². The third-order valence-electron chi connectivity index (χ3n) is 4.05. The molecule has 1 aromatic rings. The highest BCUT2D eigenvalue weighted by Gasteiger charge is 2.29. The number of benzene rings is 1. The Kier molecular flexibility index (Phi) is 4.43. The van der Waals surface area contributed by atoms with E-state index < -0.39 is 0 Å². The fourth-order valence-electron chi connectivity index (χ4n) is 2.61. The summed E-state index contributed by atoms with van der Waals surface area (Å²) in [6, 6.07) is 7.98. The number of hydrogen-bond acceptors (Lipinski definition) is 1. The van der Waals surface area contributed by atoms with E-state index in [1.165, 1.54) is 5.56 Å². The van der Waals surface area contributed by atoms with Crippen molar-refractivity contribution in [1.29, 1.82) is 0 Å². The molecule has 2 rings (SSSR count). The fraction of sp³-hybridized carbons (Fsp3) is 0.588. The smallest absolute Gasteiger partial charge is 0.253 e. The quantitative estimate of drug-likeness (QED) is 0.769. The molecule has 1 fully saturated rings. The summed E-state index contributed by atoms with van der Waals surface area (Å²) >= 11 is 5.98. The van der Waals surface area contributed by atoms with Crippen LogP contribution in [0.25, 0.3) is 0 Å². The molecular formula is C17H24ClNO. The van der Waals surface area contributed by atoms with Gasteiger partial charge in [-0.1, -0.05) is 32.9 Å². The maximum absolute atomic E-state index is 12.4. The minimum atomic E-state index is 0.100. The van der Waals surface area contributed by atoms with Crippen LogP contribution in [0.2, 0.25) is 0 Å². The van der Waals surface area contributed by atoms with Crippen LogP contribution >= 0.6 is 11.6 Å². The highest BCUT2D eigenvalue weighted by Crippen LogP contribution is 2.32. The van der Waals surface area contributed by atoms with E-state index in [9.17, 15) is 4.79 Å². The van der Waals surface area contributed by atoms with Crippen LogP contribution < -0.4 is 0 Å². The first-order valence-electron chi connectivity index (χ1n) is 7.27. The van der Waals surface area contributed by atoms with Crippen LogP contribution in [-0.4, -0.2) is 29.8 Å². The van der Waals surface area contributed by atoms with E-state index in [1.54, 1.807) is 0 Å². The molecule has 3 heteroatoms. The summed E-state index contributed by atoms with van der Waals surface area (Å²) in [5.74, 6) is 0.670. The van der Waals surface area contributed by atoms with E-state index >= 15 is 0 Å². The van der Waals surface area contributed by atoms with Crippen molar-refractivity contribution in [2.24, 2.45) is 5.92 Å². The Hall–Kier alpha value is -1.02. The van der Waals surface area contributed by atoms with Gasteiger partial charge in [-0.3, -0.25) is 4.79 Å². The van der Waals surface area contributed by atoms with E-state index in [2.05, 4.69) is 32.9 Å². The monoisotopic (exact) mass is 293 g/mol. The second-order valence-electron chi connectivity index (χ2n) is 6.95. The SMILES string of the molecule is CN(CC1CC(Cl)C1)C(=O)c1ccc(C(C)(C)C)cc1. The van der Waals surface area contributed by atoms with Gasteiger partial charge in [0.15, 0.2) is 0 Å². The molecule has 1 saturated carbocycles. The summed E-state index contributed by atoms with van der Waals surface area (Å²) in [5.41, 5.74) is 2.14. The van der Waals surface area contributed by atoms with Crippen LogP contribution in [0.1, 0.15) is 49.5 Å². The molecule has 2 nitrogen and oxygen atoms in total. The van der Waals surface area contributed by atoms with Crippen molar-refractivity contribution < 1.29 is 4.79 Å². The minimum Gasteiger partial charge on any atom is -0.341 e. The Morgan fingerprint density at radius 1 is 1.25 bits per heavy atom. The Morgan fingerprint density at radius 3 is 2.25 bits per heavy atom. The fourth-order valence-corrected chi connectivity index (χ4v) is 3.11. The molecule has 0 saturated heterocycles. The average molecular weight is 294 g/mol. The van der Waals surface area contributed by atoms with Crippen molar-refractivity contribution in [3.05, 3.63) is 35.4 Å². The van der Waals surface area contributed by atoms with Crippen LogP contribution in [-0.2, 0) is 5.41 Å². The molecule has 20 heavy (non-hydrogen) atoms. The van der Waals surface area contributed by atoms with Crippen molar-refractivity contribution in [3.63, 3.8) is 0 Å². The highest BCUT2D eigenvalue weighted by molar-refractivity contribution is 6.21. The van der Waals surface area contributed by atoms with Crippen LogP contribution in [0.15, 0.2) is 24.3 Å². The lowest BCUT2D eigenvalue weighted by molar-refractivity contribution is 0.0747. The molecule has 0 spiro atoms. The molecule has 0 atom stereocenters. The molecule has 110 valence electrons. The molecule has 0 aromatic heterocycles. The molecule has 0 radical (unpaired) electrons. The third kappa shape index (κ3) is 3.54. The Morgan fingerprint density at radius 2 is 1.80 bits per heavy atom. The number of nitrogens with zero attached hydrogens (tertiary/aromatic N) is 1. The number of halogens is 1. The lowest BCUT2D eigenvalue weighted by atomic mass is 9.84. The summed E-state index contributed by atoms with van der Waals surface area (Å²) in [5, 5.41) is 0.314. The van der Waals surface area contributed by atoms with E-state index in [4.69, 9.17) is 11.6 Å². The summed E-state index contributed by atoms with van der Waals surface area (Å²) in [4.78, 5) is 14.2. The zero-order valence-electron chi connectivity index (χ0n) is 12.8. The number of amides is 1. The molecule has 1 aliphatic rings. The van der Waals surface area contributed by atoms with Crippen molar-refractivity contribution in [2.45, 2.75) is 44.4 Å². The number of hydrogen-bond donors (Lipinski definition) is 0. The summed E-state index contributed by atoms with van der Waals surface area (Å²) < 4.78 is 0. The number of alkyl halides is 1. The maximum atomic E-state index is 12.4. The van der Waals surface area contributed by atoms with Gasteiger partial charge in [-0.25, -0.2) is 0 Å². The predicted molar refractivity (Wildman–Crippen MR) is 84.5 cm³/mol. The van der Waals surface area contributed by atoms with E-state index in [-0.39, 0.29) is 11.3 Å². The first-order chi connectivity index (χ1) is 9.27. The van der Waals surface area contributed by atoms with Crippen LogP contribution in [0.5, 0.6) is 0 Å². The van der Waals surface area contributed by atoms with Gasteiger partial charge in [-0.15, -0.1) is 11.6 Å². The van der Waals surface area contributed by atoms with Crippen LogP contribution in [0.3, 0.4) is 0 Å². The zero-order valence-corrected chi connectivity index (χ0v) is 13.6. The van der Waals surface area contributed by atoms with Crippen molar-refractivity contribution >= 4 is 17.5 Å². The zero-order chi connectivity index (χ0) is 14.9. The minimum absolute atomic E-state index is 0.100. The molecule has 0 aliphatic heterocycles. The molecule has 0 unspecified atom stereocenters. The van der Waals surface area contributed by atoms with Gasteiger partial charge in [0.25, 0.3) is 5.91 Å². The van der Waals surface area contributed by atoms with Crippen molar-refractivity contribution in [3.8, 4) is 0 Å². The van der Waals surface area contributed by atoms with Gasteiger partial charge < -0.3 is 4.90 Å². The summed E-state index contributed by atoms with van der Waals surface area (Å²) in [7, 11) is 1.88. The lowest BCUT2D eigenvalue weighted by Crippen LogP contribution is -2.37. The van der Waals surface area contributed by atoms with Gasteiger partial charge in [0.05, 0.1) is 0 Å². The van der Waals surface area contributed by atoms with Crippen molar-refractivity contribution in [1.82, 2.24) is 4.90 Å². The Bertz CT molecular complexity index is 469. The Balaban J connectivity index is 1.98. The molecule has 1 amide bonds. The van der Waals surface area contributed by atoms with Gasteiger partial charge in [0, 0.05) is 24.5 Å². The van der Waals surface area contributed by atoms with E-state index in [0.717, 1.165) is 24.9 Å². The summed E-state index contributed by atoms with van der Waals surface area (Å²) in [6.07, 6.45) is 2.06. The van der Waals surface area contributed by atoms with Gasteiger partial charge >= 0.3 is 0 Å². The Labute approximate surface area is 127 Å². The first-order valence-corrected chi connectivity index (χ1v) is 7.71. The van der Waals surface area contributed by atoms with Gasteiger partial charge in [0.1, 0.15) is 0 Å². The normalized spacial score (nSPS) is 22.2. The second-order valence-corrected chi connectivity index (χ2v) is 7.56. The summed E-state index contributed by atoms with van der Waals surface area (Å²) in [6.45, 7) is 7.34. The van der Waals surface area contributed by atoms with Crippen molar-refractivity contribution in [2.75, 3.05) is 13.6 Å². The number of carbonyl (C=O) groups excluding carboxylic acids is 1. The van der Waals surface area contributed by atoms with Gasteiger partial charge in [-0.2, -0.15) is 0 Å². The third-order valence-corrected chi connectivity index (χ3v) is 4.41. The molecule has 1 aromatic carbocycles. The standard InChI is InChI=1S/C17H24ClNO/c1-17(2,3)14-7-5-13(6-8-14)16(20)19(4)11-12-9-15(18)10-12/h5-8,12,15H,9-11H2,1-4H3. The van der Waals surface area contributed by atoms with Gasteiger partial charge in [-0.05, 0) is 41.9 Å². The van der Waals surface area contributed by atoms with Crippen LogP contribution in [0.4, 0.5) is 0 Å². The number of rotatable bonds is 3. The molecule has 0 bridgehead atoms. The highest BCUT2D eigenvalue weighted by atomic mass is 35.5. The molecular weight excluding hydrogens is 270 g/mol. The predicted octanol–water partition coefficient (Wildman–Crippen LogP) is 4.07. The maximum Gasteiger partial charge on any atom is 0.253 e. The molecule has 1 aliphatic carbocycles. The van der Waals surface area contributed by atoms with Gasteiger partial charge in [0.2, 0.25) is 0 Å². The van der Waals surface area contributed by atoms with Crippen LogP contribution in [0, 0.1) is 5.92 Å². The van der Waals surface area contributed by atoms with E-state index in [1.807, 2.05) is 24.1 Å². The first kappa shape index (κ1) is 15.4. The largest absolute Gasteiger partial charge is 0.341 e. The second kappa shape index (κ2) is 5.77. The molecule has 0 N–H and O–H groups in total. The lowest BCUT2D eigenvalue weighted by Gasteiger charge is -2.34. The average Bonchev–Trinajstić information content (AvgIpc) is 2.35.